The van der Waals surface area contributed by atoms with Gasteiger partial charge in [0, 0.05) is 18.7 Å². The molecule has 1 aromatic rings. The molecular weight excluding hydrogens is 196 g/mol. The maximum absolute atomic E-state index is 11.5. The number of nitro benzene ring substituents is 1. The van der Waals surface area contributed by atoms with E-state index in [-0.39, 0.29) is 5.69 Å². The number of amides is 1. The Labute approximate surface area is 87.3 Å². The monoisotopic (exact) mass is 207 g/mol. The molecule has 1 rings (SSSR count). The highest BCUT2D eigenvalue weighted by Gasteiger charge is 2.14. The Kier molecular flexibility index (Phi) is 3.38. The van der Waals surface area contributed by atoms with E-state index in [1.165, 1.54) is 12.1 Å². The third-order valence-corrected chi connectivity index (χ3v) is 1.96. The maximum Gasteiger partial charge on any atom is 0.272 e. The number of aryl methyl sites for hydroxylation is 1. The van der Waals surface area contributed by atoms with Crippen molar-refractivity contribution >= 4 is 11.6 Å². The van der Waals surface area contributed by atoms with Gasteiger partial charge in [0.05, 0.1) is 10.5 Å². The Balaban J connectivity index is 3.10. The zero-order valence-corrected chi connectivity index (χ0v) is 8.56. The molecule has 0 aliphatic rings. The van der Waals surface area contributed by atoms with Crippen molar-refractivity contribution in [2.24, 2.45) is 0 Å². The molecule has 0 aromatic heterocycles. The molecule has 0 aliphatic heterocycles. The van der Waals surface area contributed by atoms with E-state index in [2.05, 4.69) is 5.32 Å². The lowest BCUT2D eigenvalue weighted by Gasteiger charge is -2.03. The number of non-ortho nitro benzene ring substituents is 1. The number of hydrogen-bond donors (Lipinski definition) is 0. The van der Waals surface area contributed by atoms with Gasteiger partial charge < -0.3 is 0 Å². The molecule has 0 spiro atoms. The first-order valence-corrected chi connectivity index (χ1v) is 4.53. The molecule has 0 unspecified atom stereocenters. The normalized spacial score (nSPS) is 9.73. The van der Waals surface area contributed by atoms with Gasteiger partial charge in [-0.15, -0.1) is 0 Å². The first-order chi connectivity index (χ1) is 7.06. The van der Waals surface area contributed by atoms with E-state index in [1.54, 1.807) is 19.9 Å². The molecule has 0 fully saturated rings. The minimum absolute atomic E-state index is 0.0877. The Morgan fingerprint density at radius 3 is 2.73 bits per heavy atom. The van der Waals surface area contributed by atoms with Gasteiger partial charge in [-0.3, -0.25) is 14.9 Å². The van der Waals surface area contributed by atoms with Crippen LogP contribution in [0.2, 0.25) is 0 Å². The van der Waals surface area contributed by atoms with Gasteiger partial charge in [-0.2, -0.15) is 0 Å². The molecule has 0 saturated carbocycles. The quantitative estimate of drug-likeness (QED) is 0.558. The molecule has 0 saturated heterocycles. The van der Waals surface area contributed by atoms with Gasteiger partial charge in [0.25, 0.3) is 11.6 Å². The molecule has 0 heterocycles. The van der Waals surface area contributed by atoms with E-state index in [9.17, 15) is 14.9 Å². The molecule has 1 aromatic carbocycles. The zero-order chi connectivity index (χ0) is 11.4. The van der Waals surface area contributed by atoms with E-state index < -0.39 is 10.8 Å². The first kappa shape index (κ1) is 11.2. The standard InChI is InChI=1S/C10H11N2O3/c1-3-11-10(13)9-6-8(12(14)15)5-4-7(9)2/h4-6H,3H2,1-2H3. The van der Waals surface area contributed by atoms with Gasteiger partial charge in [-0.05, 0) is 19.4 Å². The van der Waals surface area contributed by atoms with Crippen LogP contribution in [0.4, 0.5) is 5.69 Å². The maximum atomic E-state index is 11.5. The summed E-state index contributed by atoms with van der Waals surface area (Å²) in [6, 6.07) is 4.19. The summed E-state index contributed by atoms with van der Waals surface area (Å²) in [5.74, 6) is -0.404. The number of nitrogens with zero attached hydrogens (tertiary/aromatic N) is 2. The molecule has 0 N–H and O–H groups in total. The molecule has 5 heteroatoms. The van der Waals surface area contributed by atoms with Crippen LogP contribution in [0.1, 0.15) is 22.8 Å². The van der Waals surface area contributed by atoms with Crippen LogP contribution in [0.3, 0.4) is 0 Å². The lowest BCUT2D eigenvalue weighted by Crippen LogP contribution is -2.16. The topological polar surface area (TPSA) is 74.3 Å². The van der Waals surface area contributed by atoms with Crippen molar-refractivity contribution in [2.75, 3.05) is 6.54 Å². The van der Waals surface area contributed by atoms with E-state index in [0.29, 0.717) is 17.7 Å². The highest BCUT2D eigenvalue weighted by Crippen LogP contribution is 2.17. The average molecular weight is 207 g/mol. The largest absolute Gasteiger partial charge is 0.272 e. The highest BCUT2D eigenvalue weighted by molar-refractivity contribution is 5.96. The summed E-state index contributed by atoms with van der Waals surface area (Å²) in [5, 5.41) is 14.2. The summed E-state index contributed by atoms with van der Waals surface area (Å²) in [6.07, 6.45) is 0. The number of nitro groups is 1. The fourth-order valence-corrected chi connectivity index (χ4v) is 1.18. The summed E-state index contributed by atoms with van der Waals surface area (Å²) in [5.41, 5.74) is 0.907. The minimum Gasteiger partial charge on any atom is -0.267 e. The lowest BCUT2D eigenvalue weighted by molar-refractivity contribution is -0.384. The molecule has 1 amide bonds. The molecule has 1 radical (unpaired) electrons. The van der Waals surface area contributed by atoms with Crippen LogP contribution in [0, 0.1) is 17.0 Å². The van der Waals surface area contributed by atoms with Gasteiger partial charge in [-0.1, -0.05) is 6.07 Å². The number of benzene rings is 1. The lowest BCUT2D eigenvalue weighted by atomic mass is 10.1. The SMILES string of the molecule is CC[N]C(=O)c1cc([N+](=O)[O-])ccc1C. The smallest absolute Gasteiger partial charge is 0.267 e. The van der Waals surface area contributed by atoms with Crippen molar-refractivity contribution in [3.8, 4) is 0 Å². The molecule has 79 valence electrons. The van der Waals surface area contributed by atoms with E-state index in [0.717, 1.165) is 0 Å². The van der Waals surface area contributed by atoms with Crippen molar-refractivity contribution in [1.82, 2.24) is 5.32 Å². The molecule has 0 bridgehead atoms. The van der Waals surface area contributed by atoms with Crippen molar-refractivity contribution in [2.45, 2.75) is 13.8 Å². The summed E-state index contributed by atoms with van der Waals surface area (Å²) < 4.78 is 0. The summed E-state index contributed by atoms with van der Waals surface area (Å²) >= 11 is 0. The van der Waals surface area contributed by atoms with Crippen molar-refractivity contribution in [3.63, 3.8) is 0 Å². The van der Waals surface area contributed by atoms with Crippen LogP contribution in [-0.4, -0.2) is 17.4 Å². The highest BCUT2D eigenvalue weighted by atomic mass is 16.6. The fourth-order valence-electron chi connectivity index (χ4n) is 1.18. The minimum atomic E-state index is -0.526. The third kappa shape index (κ3) is 2.52. The third-order valence-electron chi connectivity index (χ3n) is 1.96. The van der Waals surface area contributed by atoms with E-state index in [4.69, 9.17) is 0 Å². The first-order valence-electron chi connectivity index (χ1n) is 4.53. The van der Waals surface area contributed by atoms with E-state index in [1.807, 2.05) is 0 Å². The van der Waals surface area contributed by atoms with Gasteiger partial charge in [0.15, 0.2) is 0 Å². The van der Waals surface area contributed by atoms with E-state index >= 15 is 0 Å². The number of carbonyl (C=O) groups excluding carboxylic acids is 1. The van der Waals surface area contributed by atoms with Crippen LogP contribution in [0.25, 0.3) is 0 Å². The summed E-state index contributed by atoms with van der Waals surface area (Å²) in [6.45, 7) is 3.84. The Morgan fingerprint density at radius 1 is 1.53 bits per heavy atom. The predicted octanol–water partition coefficient (Wildman–Crippen LogP) is 1.67. The second-order valence-electron chi connectivity index (χ2n) is 3.04. The van der Waals surface area contributed by atoms with Gasteiger partial charge in [0.1, 0.15) is 0 Å². The summed E-state index contributed by atoms with van der Waals surface area (Å²) in [4.78, 5) is 21.4. The predicted molar refractivity (Wildman–Crippen MR) is 54.8 cm³/mol. The number of carbonyl (C=O) groups is 1. The zero-order valence-electron chi connectivity index (χ0n) is 8.56. The number of hydrogen-bond acceptors (Lipinski definition) is 3. The van der Waals surface area contributed by atoms with Crippen LogP contribution in [0.15, 0.2) is 18.2 Å². The second-order valence-corrected chi connectivity index (χ2v) is 3.04. The second kappa shape index (κ2) is 4.54. The van der Waals surface area contributed by atoms with Crippen LogP contribution >= 0.6 is 0 Å². The number of rotatable bonds is 3. The Morgan fingerprint density at radius 2 is 2.20 bits per heavy atom. The van der Waals surface area contributed by atoms with Gasteiger partial charge >= 0.3 is 0 Å². The van der Waals surface area contributed by atoms with Crippen molar-refractivity contribution in [3.05, 3.63) is 39.4 Å². The summed E-state index contributed by atoms with van der Waals surface area (Å²) in [7, 11) is 0. The van der Waals surface area contributed by atoms with Crippen LogP contribution in [-0.2, 0) is 0 Å². The van der Waals surface area contributed by atoms with Gasteiger partial charge in [0.2, 0.25) is 0 Å². The van der Waals surface area contributed by atoms with Gasteiger partial charge in [-0.25, -0.2) is 5.32 Å². The van der Waals surface area contributed by atoms with Crippen LogP contribution < -0.4 is 5.32 Å². The average Bonchev–Trinajstić information content (AvgIpc) is 2.18. The Hall–Kier alpha value is -1.91. The molecule has 5 nitrogen and oxygen atoms in total. The molecule has 0 atom stereocenters. The molecular formula is C10H11N2O3. The fraction of sp³-hybridized carbons (Fsp3) is 0.300. The molecule has 0 aliphatic carbocycles. The van der Waals surface area contributed by atoms with Crippen molar-refractivity contribution in [1.29, 1.82) is 0 Å². The van der Waals surface area contributed by atoms with Crippen molar-refractivity contribution < 1.29 is 9.72 Å². The van der Waals surface area contributed by atoms with Crippen LogP contribution in [0.5, 0.6) is 0 Å². The Bertz CT molecular complexity index is 402. The molecule has 15 heavy (non-hydrogen) atoms.